The van der Waals surface area contributed by atoms with Gasteiger partial charge in [0.25, 0.3) is 5.69 Å². The van der Waals surface area contributed by atoms with Gasteiger partial charge in [0.1, 0.15) is 11.5 Å². The van der Waals surface area contributed by atoms with E-state index in [1.807, 2.05) is 31.2 Å². The van der Waals surface area contributed by atoms with Crippen molar-refractivity contribution >= 4 is 11.4 Å². The van der Waals surface area contributed by atoms with Crippen LogP contribution in [-0.2, 0) is 6.54 Å². The Balaban J connectivity index is 2.27. The second-order valence-corrected chi connectivity index (χ2v) is 4.66. The first kappa shape index (κ1) is 14.0. The molecule has 0 aromatic heterocycles. The molecule has 0 saturated heterocycles. The SMILES string of the molecule is Cc1cc(NCc2ccccc2C)c([N+](=O)[O-])cc1F. The highest BCUT2D eigenvalue weighted by atomic mass is 19.1. The summed E-state index contributed by atoms with van der Waals surface area (Å²) in [5.74, 6) is -0.571. The smallest absolute Gasteiger partial charge is 0.295 e. The Morgan fingerprint density at radius 2 is 1.90 bits per heavy atom. The molecular formula is C15H15FN2O2. The Morgan fingerprint density at radius 3 is 2.55 bits per heavy atom. The second kappa shape index (κ2) is 5.69. The average molecular weight is 274 g/mol. The van der Waals surface area contributed by atoms with Gasteiger partial charge in [-0.1, -0.05) is 24.3 Å². The molecule has 0 fully saturated rings. The zero-order valence-corrected chi connectivity index (χ0v) is 11.3. The monoisotopic (exact) mass is 274 g/mol. The zero-order valence-electron chi connectivity index (χ0n) is 11.3. The molecule has 0 radical (unpaired) electrons. The molecule has 20 heavy (non-hydrogen) atoms. The van der Waals surface area contributed by atoms with Gasteiger partial charge in [-0.25, -0.2) is 4.39 Å². The third kappa shape index (κ3) is 2.93. The van der Waals surface area contributed by atoms with E-state index in [-0.39, 0.29) is 5.69 Å². The molecule has 104 valence electrons. The third-order valence-corrected chi connectivity index (χ3v) is 3.20. The summed E-state index contributed by atoms with van der Waals surface area (Å²) in [5, 5.41) is 14.0. The minimum atomic E-state index is -0.581. The Hall–Kier alpha value is -2.43. The van der Waals surface area contributed by atoms with E-state index in [1.54, 1.807) is 6.92 Å². The number of aryl methyl sites for hydroxylation is 2. The fourth-order valence-corrected chi connectivity index (χ4v) is 1.96. The van der Waals surface area contributed by atoms with Gasteiger partial charge in [0.15, 0.2) is 0 Å². The number of nitrogens with one attached hydrogen (secondary N) is 1. The van der Waals surface area contributed by atoms with Gasteiger partial charge in [-0.3, -0.25) is 10.1 Å². The van der Waals surface area contributed by atoms with E-state index in [0.717, 1.165) is 17.2 Å². The molecule has 2 aromatic rings. The molecule has 0 atom stereocenters. The standard InChI is InChI=1S/C15H15FN2O2/c1-10-5-3-4-6-12(10)9-17-14-7-11(2)13(16)8-15(14)18(19)20/h3-8,17H,9H2,1-2H3. The van der Waals surface area contributed by atoms with Crippen LogP contribution in [0.25, 0.3) is 0 Å². The van der Waals surface area contributed by atoms with Gasteiger partial charge >= 0.3 is 0 Å². The summed E-state index contributed by atoms with van der Waals surface area (Å²) in [4.78, 5) is 10.4. The number of nitro groups is 1. The lowest BCUT2D eigenvalue weighted by molar-refractivity contribution is -0.384. The van der Waals surface area contributed by atoms with Crippen LogP contribution in [0.3, 0.4) is 0 Å². The molecule has 0 aliphatic rings. The van der Waals surface area contributed by atoms with Crippen LogP contribution in [0, 0.1) is 29.8 Å². The molecule has 0 heterocycles. The van der Waals surface area contributed by atoms with Gasteiger partial charge in [0.05, 0.1) is 11.0 Å². The van der Waals surface area contributed by atoms with Crippen LogP contribution >= 0.6 is 0 Å². The van der Waals surface area contributed by atoms with E-state index in [0.29, 0.717) is 17.8 Å². The van der Waals surface area contributed by atoms with Crippen LogP contribution < -0.4 is 5.32 Å². The van der Waals surface area contributed by atoms with Gasteiger partial charge in [-0.15, -0.1) is 0 Å². The maximum Gasteiger partial charge on any atom is 0.295 e. The number of nitro benzene ring substituents is 1. The molecule has 0 aliphatic carbocycles. The van der Waals surface area contributed by atoms with E-state index >= 15 is 0 Å². The van der Waals surface area contributed by atoms with E-state index in [1.165, 1.54) is 6.07 Å². The molecule has 0 spiro atoms. The van der Waals surface area contributed by atoms with Crippen molar-refractivity contribution in [3.8, 4) is 0 Å². The minimum Gasteiger partial charge on any atom is -0.375 e. The molecule has 2 rings (SSSR count). The summed E-state index contributed by atoms with van der Waals surface area (Å²) in [7, 11) is 0. The molecule has 0 aliphatic heterocycles. The lowest BCUT2D eigenvalue weighted by atomic mass is 10.1. The Morgan fingerprint density at radius 1 is 1.20 bits per heavy atom. The van der Waals surface area contributed by atoms with Crippen molar-refractivity contribution in [1.82, 2.24) is 0 Å². The predicted octanol–water partition coefficient (Wildman–Crippen LogP) is 3.96. The number of hydrogen-bond donors (Lipinski definition) is 1. The maximum atomic E-state index is 13.4. The first-order valence-corrected chi connectivity index (χ1v) is 6.22. The molecule has 2 aromatic carbocycles. The number of hydrogen-bond acceptors (Lipinski definition) is 3. The van der Waals surface area contributed by atoms with E-state index in [9.17, 15) is 14.5 Å². The van der Waals surface area contributed by atoms with Gasteiger partial charge < -0.3 is 5.32 Å². The highest BCUT2D eigenvalue weighted by Gasteiger charge is 2.16. The molecule has 5 heteroatoms. The zero-order chi connectivity index (χ0) is 14.7. The molecule has 0 bridgehead atoms. The predicted molar refractivity (Wildman–Crippen MR) is 76.3 cm³/mol. The van der Waals surface area contributed by atoms with Gasteiger partial charge in [-0.2, -0.15) is 0 Å². The number of benzene rings is 2. The number of rotatable bonds is 4. The van der Waals surface area contributed by atoms with Crippen LogP contribution in [-0.4, -0.2) is 4.92 Å². The van der Waals surface area contributed by atoms with Crippen molar-refractivity contribution in [1.29, 1.82) is 0 Å². The fraction of sp³-hybridized carbons (Fsp3) is 0.200. The third-order valence-electron chi connectivity index (χ3n) is 3.20. The average Bonchev–Trinajstić information content (AvgIpc) is 2.41. The number of nitrogens with zero attached hydrogens (tertiary/aromatic N) is 1. The summed E-state index contributed by atoms with van der Waals surface area (Å²) in [5.41, 5.74) is 2.60. The summed E-state index contributed by atoms with van der Waals surface area (Å²) in [6, 6.07) is 10.2. The number of halogens is 1. The minimum absolute atomic E-state index is 0.248. The maximum absolute atomic E-state index is 13.4. The van der Waals surface area contributed by atoms with E-state index in [4.69, 9.17) is 0 Å². The summed E-state index contributed by atoms with van der Waals surface area (Å²) in [6.45, 7) is 4.01. The van der Waals surface area contributed by atoms with Gasteiger partial charge in [-0.05, 0) is 36.6 Å². The molecule has 0 amide bonds. The van der Waals surface area contributed by atoms with Crippen LogP contribution in [0.1, 0.15) is 16.7 Å². The lowest BCUT2D eigenvalue weighted by Gasteiger charge is -2.10. The van der Waals surface area contributed by atoms with Crippen LogP contribution in [0.5, 0.6) is 0 Å². The lowest BCUT2D eigenvalue weighted by Crippen LogP contribution is -2.05. The van der Waals surface area contributed by atoms with Crippen molar-refractivity contribution in [3.63, 3.8) is 0 Å². The van der Waals surface area contributed by atoms with E-state index in [2.05, 4.69) is 5.32 Å². The molecule has 1 N–H and O–H groups in total. The topological polar surface area (TPSA) is 55.2 Å². The molecular weight excluding hydrogens is 259 g/mol. The molecule has 4 nitrogen and oxygen atoms in total. The van der Waals surface area contributed by atoms with E-state index < -0.39 is 10.7 Å². The normalized spacial score (nSPS) is 10.3. The van der Waals surface area contributed by atoms with Crippen LogP contribution in [0.2, 0.25) is 0 Å². The highest BCUT2D eigenvalue weighted by molar-refractivity contribution is 5.63. The van der Waals surface area contributed by atoms with Crippen molar-refractivity contribution in [3.05, 3.63) is 69.0 Å². The quantitative estimate of drug-likeness (QED) is 0.678. The van der Waals surface area contributed by atoms with Crippen LogP contribution in [0.15, 0.2) is 36.4 Å². The Bertz CT molecular complexity index is 656. The summed E-state index contributed by atoms with van der Waals surface area (Å²) >= 11 is 0. The summed E-state index contributed by atoms with van der Waals surface area (Å²) in [6.07, 6.45) is 0. The second-order valence-electron chi connectivity index (χ2n) is 4.66. The van der Waals surface area contributed by atoms with Crippen molar-refractivity contribution in [2.75, 3.05) is 5.32 Å². The van der Waals surface area contributed by atoms with Crippen molar-refractivity contribution in [2.45, 2.75) is 20.4 Å². The summed E-state index contributed by atoms with van der Waals surface area (Å²) < 4.78 is 13.4. The van der Waals surface area contributed by atoms with Gasteiger partial charge in [0, 0.05) is 6.54 Å². The van der Waals surface area contributed by atoms with Gasteiger partial charge in [0.2, 0.25) is 0 Å². The largest absolute Gasteiger partial charge is 0.375 e. The van der Waals surface area contributed by atoms with Crippen LogP contribution in [0.4, 0.5) is 15.8 Å². The van der Waals surface area contributed by atoms with Crippen molar-refractivity contribution in [2.24, 2.45) is 0 Å². The van der Waals surface area contributed by atoms with Crippen molar-refractivity contribution < 1.29 is 9.31 Å². The first-order chi connectivity index (χ1) is 9.49. The number of anilines is 1. The Kier molecular flexibility index (Phi) is 3.98. The molecule has 0 unspecified atom stereocenters. The fourth-order valence-electron chi connectivity index (χ4n) is 1.96. The Labute approximate surface area is 116 Å². The highest BCUT2D eigenvalue weighted by Crippen LogP contribution is 2.28. The molecule has 0 saturated carbocycles. The first-order valence-electron chi connectivity index (χ1n) is 6.22.